The molecule has 0 spiro atoms. The second kappa shape index (κ2) is 7.02. The molecule has 126 valence electrons. The topological polar surface area (TPSA) is 67.8 Å². The van der Waals surface area contributed by atoms with E-state index >= 15 is 0 Å². The highest BCUT2D eigenvalue weighted by Crippen LogP contribution is 2.26. The minimum absolute atomic E-state index is 0.308. The SMILES string of the molecule is COc1cc(OC)nc(N2CCCC(N3CCCC3=O)CC2)n1. The van der Waals surface area contributed by atoms with Crippen molar-refractivity contribution in [2.24, 2.45) is 0 Å². The minimum atomic E-state index is 0.308. The summed E-state index contributed by atoms with van der Waals surface area (Å²) < 4.78 is 10.5. The number of nitrogens with zero attached hydrogens (tertiary/aromatic N) is 4. The van der Waals surface area contributed by atoms with Crippen molar-refractivity contribution in [1.29, 1.82) is 0 Å². The van der Waals surface area contributed by atoms with Crippen LogP contribution in [-0.4, -0.2) is 60.7 Å². The molecule has 1 aromatic rings. The number of likely N-dealkylation sites (tertiary alicyclic amines) is 1. The molecule has 2 aliphatic rings. The van der Waals surface area contributed by atoms with E-state index in [0.717, 1.165) is 45.3 Å². The normalized spacial score (nSPS) is 22.2. The summed E-state index contributed by atoms with van der Waals surface area (Å²) in [4.78, 5) is 25.1. The Bertz CT molecular complexity index is 544. The van der Waals surface area contributed by atoms with Crippen LogP contribution >= 0.6 is 0 Å². The van der Waals surface area contributed by atoms with Crippen molar-refractivity contribution in [2.75, 3.05) is 38.8 Å². The van der Waals surface area contributed by atoms with Crippen LogP contribution in [0.15, 0.2) is 6.07 Å². The third-order valence-electron chi connectivity index (χ3n) is 4.62. The lowest BCUT2D eigenvalue weighted by Gasteiger charge is -2.27. The largest absolute Gasteiger partial charge is 0.481 e. The van der Waals surface area contributed by atoms with Gasteiger partial charge in [0.2, 0.25) is 23.6 Å². The first-order valence-corrected chi connectivity index (χ1v) is 8.22. The van der Waals surface area contributed by atoms with E-state index in [4.69, 9.17) is 9.47 Å². The molecule has 0 aliphatic carbocycles. The summed E-state index contributed by atoms with van der Waals surface area (Å²) in [6.07, 6.45) is 4.72. The lowest BCUT2D eigenvalue weighted by molar-refractivity contribution is -0.129. The number of carbonyl (C=O) groups is 1. The number of anilines is 1. The highest BCUT2D eigenvalue weighted by molar-refractivity contribution is 5.78. The summed E-state index contributed by atoms with van der Waals surface area (Å²) in [7, 11) is 3.17. The van der Waals surface area contributed by atoms with E-state index in [1.54, 1.807) is 20.3 Å². The quantitative estimate of drug-likeness (QED) is 0.837. The maximum atomic E-state index is 12.0. The molecule has 0 aromatic carbocycles. The summed E-state index contributed by atoms with van der Waals surface area (Å²) in [5.41, 5.74) is 0. The van der Waals surface area contributed by atoms with Gasteiger partial charge in [-0.25, -0.2) is 0 Å². The summed E-state index contributed by atoms with van der Waals surface area (Å²) in [6, 6.07) is 2.02. The van der Waals surface area contributed by atoms with Gasteiger partial charge < -0.3 is 19.3 Å². The molecule has 1 amide bonds. The Balaban J connectivity index is 1.71. The van der Waals surface area contributed by atoms with E-state index in [1.807, 2.05) is 0 Å². The van der Waals surface area contributed by atoms with E-state index in [9.17, 15) is 4.79 Å². The minimum Gasteiger partial charge on any atom is -0.481 e. The molecule has 0 N–H and O–H groups in total. The van der Waals surface area contributed by atoms with Gasteiger partial charge in [-0.3, -0.25) is 4.79 Å². The third-order valence-corrected chi connectivity index (χ3v) is 4.62. The molecule has 2 fully saturated rings. The van der Waals surface area contributed by atoms with Gasteiger partial charge in [0.05, 0.1) is 20.3 Å². The smallest absolute Gasteiger partial charge is 0.231 e. The Hall–Kier alpha value is -2.05. The lowest BCUT2D eigenvalue weighted by atomic mass is 10.1. The van der Waals surface area contributed by atoms with Gasteiger partial charge in [0.1, 0.15) is 0 Å². The zero-order chi connectivity index (χ0) is 16.2. The lowest BCUT2D eigenvalue weighted by Crippen LogP contribution is -2.37. The number of hydrogen-bond acceptors (Lipinski definition) is 6. The molecular formula is C16H24N4O3. The first-order chi connectivity index (χ1) is 11.2. The van der Waals surface area contributed by atoms with E-state index in [1.165, 1.54) is 0 Å². The van der Waals surface area contributed by atoms with Crippen LogP contribution < -0.4 is 14.4 Å². The zero-order valence-electron chi connectivity index (χ0n) is 13.8. The van der Waals surface area contributed by atoms with Gasteiger partial charge in [0, 0.05) is 32.1 Å². The van der Waals surface area contributed by atoms with Gasteiger partial charge in [0.15, 0.2) is 0 Å². The Kier molecular flexibility index (Phi) is 4.83. The van der Waals surface area contributed by atoms with Crippen molar-refractivity contribution in [3.8, 4) is 11.8 Å². The number of ether oxygens (including phenoxy) is 2. The highest BCUT2D eigenvalue weighted by atomic mass is 16.5. The van der Waals surface area contributed by atoms with Crippen LogP contribution in [0, 0.1) is 0 Å². The van der Waals surface area contributed by atoms with Crippen molar-refractivity contribution < 1.29 is 14.3 Å². The van der Waals surface area contributed by atoms with E-state index in [-0.39, 0.29) is 0 Å². The van der Waals surface area contributed by atoms with Gasteiger partial charge in [-0.1, -0.05) is 0 Å². The molecule has 1 aromatic heterocycles. The van der Waals surface area contributed by atoms with Gasteiger partial charge in [-0.2, -0.15) is 9.97 Å². The van der Waals surface area contributed by atoms with Crippen molar-refractivity contribution in [2.45, 2.75) is 38.1 Å². The number of aromatic nitrogens is 2. The van der Waals surface area contributed by atoms with Crippen molar-refractivity contribution >= 4 is 11.9 Å². The average molecular weight is 320 g/mol. The molecule has 1 atom stereocenters. The predicted molar refractivity (Wildman–Crippen MR) is 85.9 cm³/mol. The van der Waals surface area contributed by atoms with Gasteiger partial charge in [-0.05, 0) is 25.7 Å². The number of amides is 1. The highest BCUT2D eigenvalue weighted by Gasteiger charge is 2.30. The van der Waals surface area contributed by atoms with Gasteiger partial charge >= 0.3 is 0 Å². The summed E-state index contributed by atoms with van der Waals surface area (Å²) >= 11 is 0. The Morgan fingerprint density at radius 2 is 1.78 bits per heavy atom. The monoisotopic (exact) mass is 320 g/mol. The molecule has 1 unspecified atom stereocenters. The Morgan fingerprint density at radius 3 is 2.39 bits per heavy atom. The summed E-state index contributed by atoms with van der Waals surface area (Å²) in [5.74, 6) is 1.95. The maximum absolute atomic E-state index is 12.0. The molecule has 0 radical (unpaired) electrons. The summed E-state index contributed by atoms with van der Waals surface area (Å²) in [6.45, 7) is 2.63. The van der Waals surface area contributed by atoms with Gasteiger partial charge in [-0.15, -0.1) is 0 Å². The average Bonchev–Trinajstić information content (AvgIpc) is 2.86. The molecule has 0 bridgehead atoms. The standard InChI is InChI=1S/C16H24N4O3/c1-22-13-11-14(23-2)18-16(17-13)19-8-3-5-12(7-10-19)20-9-4-6-15(20)21/h11-12H,3-10H2,1-2H3. The number of methoxy groups -OCH3 is 2. The molecule has 3 rings (SSSR count). The third kappa shape index (κ3) is 3.48. The molecule has 0 saturated carbocycles. The van der Waals surface area contributed by atoms with Crippen LogP contribution in [0.4, 0.5) is 5.95 Å². The number of carbonyl (C=O) groups excluding carboxylic acids is 1. The molecule has 7 heteroatoms. The van der Waals surface area contributed by atoms with Crippen molar-refractivity contribution in [1.82, 2.24) is 14.9 Å². The fraction of sp³-hybridized carbons (Fsp3) is 0.688. The van der Waals surface area contributed by atoms with Crippen LogP contribution in [0.2, 0.25) is 0 Å². The fourth-order valence-electron chi connectivity index (χ4n) is 3.39. The predicted octanol–water partition coefficient (Wildman–Crippen LogP) is 1.48. The van der Waals surface area contributed by atoms with E-state index in [0.29, 0.717) is 36.1 Å². The fourth-order valence-corrected chi connectivity index (χ4v) is 3.39. The second-order valence-electron chi connectivity index (χ2n) is 6.02. The summed E-state index contributed by atoms with van der Waals surface area (Å²) in [5, 5.41) is 0. The molecule has 2 saturated heterocycles. The number of rotatable bonds is 4. The molecule has 23 heavy (non-hydrogen) atoms. The Labute approximate surface area is 136 Å². The van der Waals surface area contributed by atoms with Crippen LogP contribution in [0.5, 0.6) is 11.8 Å². The number of hydrogen-bond donors (Lipinski definition) is 0. The maximum Gasteiger partial charge on any atom is 0.231 e. The van der Waals surface area contributed by atoms with Crippen LogP contribution in [0.3, 0.4) is 0 Å². The first kappa shape index (κ1) is 15.8. The second-order valence-corrected chi connectivity index (χ2v) is 6.02. The van der Waals surface area contributed by atoms with Gasteiger partial charge in [0.25, 0.3) is 0 Å². The zero-order valence-corrected chi connectivity index (χ0v) is 13.8. The molecule has 7 nitrogen and oxygen atoms in total. The first-order valence-electron chi connectivity index (χ1n) is 8.22. The Morgan fingerprint density at radius 1 is 1.04 bits per heavy atom. The van der Waals surface area contributed by atoms with Crippen LogP contribution in [0.25, 0.3) is 0 Å². The molecule has 3 heterocycles. The van der Waals surface area contributed by atoms with Crippen LogP contribution in [-0.2, 0) is 4.79 Å². The van der Waals surface area contributed by atoms with E-state index in [2.05, 4.69) is 19.8 Å². The van der Waals surface area contributed by atoms with Crippen LogP contribution in [0.1, 0.15) is 32.1 Å². The molecule has 2 aliphatic heterocycles. The van der Waals surface area contributed by atoms with Crippen molar-refractivity contribution in [3.63, 3.8) is 0 Å². The van der Waals surface area contributed by atoms with Crippen molar-refractivity contribution in [3.05, 3.63) is 6.07 Å². The molecular weight excluding hydrogens is 296 g/mol. The van der Waals surface area contributed by atoms with E-state index < -0.39 is 0 Å².